The molecule has 0 atom stereocenters. The molecule has 0 aliphatic carbocycles. The summed E-state index contributed by atoms with van der Waals surface area (Å²) in [6.45, 7) is 5.39. The lowest BCUT2D eigenvalue weighted by Gasteiger charge is -2.20. The van der Waals surface area contributed by atoms with E-state index in [0.717, 1.165) is 31.8 Å². The van der Waals surface area contributed by atoms with Gasteiger partial charge in [0.1, 0.15) is 5.75 Å². The molecule has 0 heterocycles. The number of carbonyl (C=O) groups excluding carboxylic acids is 1. The lowest BCUT2D eigenvalue weighted by molar-refractivity contribution is -0.121. The van der Waals surface area contributed by atoms with Gasteiger partial charge in [-0.25, -0.2) is 0 Å². The third-order valence-electron chi connectivity index (χ3n) is 4.25. The van der Waals surface area contributed by atoms with Crippen molar-refractivity contribution in [2.75, 3.05) is 26.7 Å². The number of methoxy groups -OCH3 is 1. The second-order valence-electron chi connectivity index (χ2n) is 6.05. The van der Waals surface area contributed by atoms with Gasteiger partial charge in [0.15, 0.2) is 0 Å². The molecule has 1 N–H and O–H groups in total. The van der Waals surface area contributed by atoms with Gasteiger partial charge in [0.05, 0.1) is 7.11 Å². The second-order valence-corrected chi connectivity index (χ2v) is 6.05. The summed E-state index contributed by atoms with van der Waals surface area (Å²) in [5.74, 6) is 0.964. The van der Waals surface area contributed by atoms with E-state index in [2.05, 4.69) is 41.4 Å². The van der Waals surface area contributed by atoms with Crippen LogP contribution in [0.5, 0.6) is 5.75 Å². The summed E-state index contributed by atoms with van der Waals surface area (Å²) in [5, 5.41) is 3.01. The van der Waals surface area contributed by atoms with Crippen molar-refractivity contribution in [2.45, 2.75) is 26.3 Å². The van der Waals surface area contributed by atoms with E-state index in [9.17, 15) is 4.79 Å². The van der Waals surface area contributed by atoms with E-state index < -0.39 is 0 Å². The number of benzene rings is 2. The molecular formula is C21H28N2O2. The molecule has 0 bridgehead atoms. The SMILES string of the molecule is CCN(CCC(=O)NCCc1ccc(OC)cc1)Cc1ccccc1. The molecule has 0 radical (unpaired) electrons. The first-order valence-electron chi connectivity index (χ1n) is 8.87. The molecule has 0 aliphatic heterocycles. The average molecular weight is 340 g/mol. The highest BCUT2D eigenvalue weighted by atomic mass is 16.5. The van der Waals surface area contributed by atoms with E-state index in [1.54, 1.807) is 7.11 Å². The van der Waals surface area contributed by atoms with Gasteiger partial charge >= 0.3 is 0 Å². The number of ether oxygens (including phenoxy) is 1. The first kappa shape index (κ1) is 19.0. The predicted molar refractivity (Wildman–Crippen MR) is 102 cm³/mol. The number of hydrogen-bond donors (Lipinski definition) is 1. The summed E-state index contributed by atoms with van der Waals surface area (Å²) in [7, 11) is 1.66. The molecule has 134 valence electrons. The average Bonchev–Trinajstić information content (AvgIpc) is 2.66. The zero-order valence-electron chi connectivity index (χ0n) is 15.2. The van der Waals surface area contributed by atoms with Crippen molar-refractivity contribution in [2.24, 2.45) is 0 Å². The van der Waals surface area contributed by atoms with Crippen LogP contribution in [-0.4, -0.2) is 37.6 Å². The molecule has 2 rings (SSSR count). The number of carbonyl (C=O) groups is 1. The Morgan fingerprint density at radius 3 is 2.40 bits per heavy atom. The largest absolute Gasteiger partial charge is 0.497 e. The molecule has 0 unspecified atom stereocenters. The van der Waals surface area contributed by atoms with Gasteiger partial charge in [-0.15, -0.1) is 0 Å². The van der Waals surface area contributed by atoms with Crippen LogP contribution in [0.15, 0.2) is 54.6 Å². The smallest absolute Gasteiger partial charge is 0.221 e. The fraction of sp³-hybridized carbons (Fsp3) is 0.381. The second kappa shape index (κ2) is 10.5. The number of nitrogens with zero attached hydrogens (tertiary/aromatic N) is 1. The minimum Gasteiger partial charge on any atom is -0.497 e. The van der Waals surface area contributed by atoms with Crippen molar-refractivity contribution in [3.8, 4) is 5.75 Å². The first-order valence-corrected chi connectivity index (χ1v) is 8.87. The molecule has 0 aromatic heterocycles. The maximum atomic E-state index is 12.0. The zero-order valence-corrected chi connectivity index (χ0v) is 15.2. The van der Waals surface area contributed by atoms with Crippen molar-refractivity contribution in [3.63, 3.8) is 0 Å². The predicted octanol–water partition coefficient (Wildman–Crippen LogP) is 3.27. The molecule has 2 aromatic rings. The van der Waals surface area contributed by atoms with Crippen LogP contribution < -0.4 is 10.1 Å². The third kappa shape index (κ3) is 6.98. The molecule has 0 aliphatic rings. The summed E-state index contributed by atoms with van der Waals surface area (Å²) >= 11 is 0. The van der Waals surface area contributed by atoms with E-state index in [1.165, 1.54) is 11.1 Å². The van der Waals surface area contributed by atoms with Crippen LogP contribution in [0.4, 0.5) is 0 Å². The maximum absolute atomic E-state index is 12.0. The lowest BCUT2D eigenvalue weighted by atomic mass is 10.1. The van der Waals surface area contributed by atoms with E-state index in [4.69, 9.17) is 4.74 Å². The zero-order chi connectivity index (χ0) is 17.9. The summed E-state index contributed by atoms with van der Waals surface area (Å²) in [5.41, 5.74) is 2.48. The normalized spacial score (nSPS) is 10.7. The maximum Gasteiger partial charge on any atom is 0.221 e. The van der Waals surface area contributed by atoms with Crippen LogP contribution in [0.1, 0.15) is 24.5 Å². The van der Waals surface area contributed by atoms with Crippen LogP contribution in [0, 0.1) is 0 Å². The Labute approximate surface area is 150 Å². The molecule has 0 saturated heterocycles. The van der Waals surface area contributed by atoms with Crippen molar-refractivity contribution < 1.29 is 9.53 Å². The van der Waals surface area contributed by atoms with Gasteiger partial charge in [0.2, 0.25) is 5.91 Å². The highest BCUT2D eigenvalue weighted by Crippen LogP contribution is 2.11. The number of rotatable bonds is 10. The molecular weight excluding hydrogens is 312 g/mol. The first-order chi connectivity index (χ1) is 12.2. The minimum atomic E-state index is 0.111. The summed E-state index contributed by atoms with van der Waals surface area (Å²) in [6.07, 6.45) is 1.36. The number of amides is 1. The van der Waals surface area contributed by atoms with Crippen LogP contribution in [0.2, 0.25) is 0 Å². The van der Waals surface area contributed by atoms with E-state index in [0.29, 0.717) is 13.0 Å². The quantitative estimate of drug-likeness (QED) is 0.722. The fourth-order valence-corrected chi connectivity index (χ4v) is 2.68. The van der Waals surface area contributed by atoms with Crippen molar-refractivity contribution in [1.82, 2.24) is 10.2 Å². The van der Waals surface area contributed by atoms with Gasteiger partial charge in [-0.05, 0) is 36.2 Å². The Morgan fingerprint density at radius 2 is 1.76 bits per heavy atom. The highest BCUT2D eigenvalue weighted by Gasteiger charge is 2.07. The van der Waals surface area contributed by atoms with E-state index >= 15 is 0 Å². The van der Waals surface area contributed by atoms with Crippen LogP contribution in [-0.2, 0) is 17.8 Å². The Kier molecular flexibility index (Phi) is 7.99. The molecule has 1 amide bonds. The molecule has 4 nitrogen and oxygen atoms in total. The van der Waals surface area contributed by atoms with Crippen LogP contribution >= 0.6 is 0 Å². The summed E-state index contributed by atoms with van der Waals surface area (Å²) < 4.78 is 5.14. The lowest BCUT2D eigenvalue weighted by Crippen LogP contribution is -2.31. The number of hydrogen-bond acceptors (Lipinski definition) is 3. The van der Waals surface area contributed by atoms with Gasteiger partial charge in [0, 0.05) is 26.1 Å². The van der Waals surface area contributed by atoms with Gasteiger partial charge < -0.3 is 10.1 Å². The molecule has 25 heavy (non-hydrogen) atoms. The van der Waals surface area contributed by atoms with Gasteiger partial charge in [-0.1, -0.05) is 49.4 Å². The van der Waals surface area contributed by atoms with Crippen LogP contribution in [0.3, 0.4) is 0 Å². The van der Waals surface area contributed by atoms with Gasteiger partial charge in [-0.3, -0.25) is 9.69 Å². The minimum absolute atomic E-state index is 0.111. The molecule has 2 aromatic carbocycles. The topological polar surface area (TPSA) is 41.6 Å². The summed E-state index contributed by atoms with van der Waals surface area (Å²) in [4.78, 5) is 14.3. The standard InChI is InChI=1S/C21H28N2O2/c1-3-23(17-19-7-5-4-6-8-19)16-14-21(24)22-15-13-18-9-11-20(25-2)12-10-18/h4-12H,3,13-17H2,1-2H3,(H,22,24). The fourth-order valence-electron chi connectivity index (χ4n) is 2.68. The Balaban J connectivity index is 1.66. The molecule has 4 heteroatoms. The van der Waals surface area contributed by atoms with E-state index in [1.807, 2.05) is 30.3 Å². The third-order valence-corrected chi connectivity index (χ3v) is 4.25. The van der Waals surface area contributed by atoms with Crippen molar-refractivity contribution in [3.05, 3.63) is 65.7 Å². The summed E-state index contributed by atoms with van der Waals surface area (Å²) in [6, 6.07) is 18.3. The van der Waals surface area contributed by atoms with Gasteiger partial charge in [-0.2, -0.15) is 0 Å². The molecule has 0 fully saturated rings. The molecule has 0 spiro atoms. The van der Waals surface area contributed by atoms with Crippen molar-refractivity contribution in [1.29, 1.82) is 0 Å². The monoisotopic (exact) mass is 340 g/mol. The Hall–Kier alpha value is -2.33. The molecule has 0 saturated carbocycles. The van der Waals surface area contributed by atoms with E-state index in [-0.39, 0.29) is 5.91 Å². The Bertz CT molecular complexity index is 626. The van der Waals surface area contributed by atoms with Crippen molar-refractivity contribution >= 4 is 5.91 Å². The highest BCUT2D eigenvalue weighted by molar-refractivity contribution is 5.76. The Morgan fingerprint density at radius 1 is 1.04 bits per heavy atom. The van der Waals surface area contributed by atoms with Crippen LogP contribution in [0.25, 0.3) is 0 Å². The van der Waals surface area contributed by atoms with Gasteiger partial charge in [0.25, 0.3) is 0 Å². The number of nitrogens with one attached hydrogen (secondary N) is 1.